The van der Waals surface area contributed by atoms with Crippen LogP contribution in [0.15, 0.2) is 12.5 Å². The number of likely N-dealkylation sites (N-methyl/N-ethyl adjacent to an activating group) is 1. The summed E-state index contributed by atoms with van der Waals surface area (Å²) in [7, 11) is 1.38. The molecule has 2 unspecified atom stereocenters. The molecule has 3 aromatic rings. The predicted molar refractivity (Wildman–Crippen MR) is 109 cm³/mol. The van der Waals surface area contributed by atoms with Crippen LogP contribution >= 0.6 is 0 Å². The molecule has 0 aromatic carbocycles. The number of fused-ring (bicyclic) bond motifs is 1. The molecule has 15 heteroatoms. The van der Waals surface area contributed by atoms with E-state index in [1.165, 1.54) is 17.9 Å². The molecule has 3 aromatic heterocycles. The van der Waals surface area contributed by atoms with Gasteiger partial charge in [0.1, 0.15) is 12.2 Å². The van der Waals surface area contributed by atoms with Crippen molar-refractivity contribution in [2.45, 2.75) is 50.7 Å². The van der Waals surface area contributed by atoms with Crippen molar-refractivity contribution >= 4 is 22.9 Å². The van der Waals surface area contributed by atoms with Gasteiger partial charge in [0.2, 0.25) is 0 Å². The topological polar surface area (TPSA) is 165 Å². The maximum atomic E-state index is 13.6. The summed E-state index contributed by atoms with van der Waals surface area (Å²) in [5.74, 6) is -3.60. The van der Waals surface area contributed by atoms with E-state index >= 15 is 0 Å². The number of alkyl halides is 2. The van der Waals surface area contributed by atoms with Gasteiger partial charge in [-0.05, 0) is 6.42 Å². The highest BCUT2D eigenvalue weighted by Crippen LogP contribution is 2.33. The Hall–Kier alpha value is -3.30. The summed E-state index contributed by atoms with van der Waals surface area (Å²) in [5, 5.41) is 33.4. The SMILES string of the molecule is CCCNc1nc(-n2cc(C(C)(F)F)nn2)nc2c1ncn2C1OC(C(=O)NC)[C@@H](O)[C@H]1O. The van der Waals surface area contributed by atoms with Crippen LogP contribution in [-0.2, 0) is 15.5 Å². The molecule has 1 fully saturated rings. The molecule has 1 aliphatic rings. The van der Waals surface area contributed by atoms with E-state index in [-0.39, 0.29) is 11.6 Å². The van der Waals surface area contributed by atoms with E-state index < -0.39 is 42.1 Å². The number of nitrogens with zero attached hydrogens (tertiary/aromatic N) is 7. The Kier molecular flexibility index (Phi) is 5.94. The van der Waals surface area contributed by atoms with E-state index in [9.17, 15) is 23.8 Å². The first-order chi connectivity index (χ1) is 15.7. The Labute approximate surface area is 185 Å². The number of aliphatic hydroxyl groups excluding tert-OH is 2. The van der Waals surface area contributed by atoms with Gasteiger partial charge in [0, 0.05) is 20.5 Å². The molecule has 33 heavy (non-hydrogen) atoms. The summed E-state index contributed by atoms with van der Waals surface area (Å²) in [6, 6.07) is 0. The van der Waals surface area contributed by atoms with Crippen LogP contribution in [0.5, 0.6) is 0 Å². The van der Waals surface area contributed by atoms with Gasteiger partial charge >= 0.3 is 0 Å². The fourth-order valence-electron chi connectivity index (χ4n) is 3.37. The van der Waals surface area contributed by atoms with Crippen molar-refractivity contribution in [1.29, 1.82) is 0 Å². The van der Waals surface area contributed by atoms with Crippen LogP contribution in [0.4, 0.5) is 14.6 Å². The van der Waals surface area contributed by atoms with Gasteiger partial charge in [-0.25, -0.2) is 4.98 Å². The molecule has 1 aliphatic heterocycles. The van der Waals surface area contributed by atoms with E-state index in [0.717, 1.165) is 17.3 Å². The molecule has 0 aliphatic carbocycles. The zero-order valence-corrected chi connectivity index (χ0v) is 18.0. The molecular weight excluding hydrogens is 444 g/mol. The minimum Gasteiger partial charge on any atom is -0.387 e. The van der Waals surface area contributed by atoms with E-state index in [2.05, 4.69) is 35.9 Å². The number of anilines is 1. The highest BCUT2D eigenvalue weighted by Gasteiger charge is 2.47. The number of nitrogens with one attached hydrogen (secondary N) is 2. The number of aromatic nitrogens is 7. The lowest BCUT2D eigenvalue weighted by Gasteiger charge is -2.17. The number of halogens is 2. The second kappa shape index (κ2) is 8.57. The lowest BCUT2D eigenvalue weighted by atomic mass is 10.1. The average Bonchev–Trinajstić information content (AvgIpc) is 3.50. The molecule has 4 N–H and O–H groups in total. The molecule has 0 saturated carbocycles. The smallest absolute Gasteiger partial charge is 0.290 e. The van der Waals surface area contributed by atoms with Gasteiger partial charge < -0.3 is 25.6 Å². The van der Waals surface area contributed by atoms with Gasteiger partial charge in [-0.15, -0.1) is 5.10 Å². The minimum atomic E-state index is -3.21. The molecule has 0 bridgehead atoms. The number of hydrogen-bond donors (Lipinski definition) is 4. The number of hydrogen-bond acceptors (Lipinski definition) is 10. The van der Waals surface area contributed by atoms with Crippen LogP contribution in [0.25, 0.3) is 17.1 Å². The lowest BCUT2D eigenvalue weighted by molar-refractivity contribution is -0.137. The minimum absolute atomic E-state index is 0.0817. The van der Waals surface area contributed by atoms with E-state index in [0.29, 0.717) is 24.8 Å². The van der Waals surface area contributed by atoms with Gasteiger partial charge in [-0.3, -0.25) is 9.36 Å². The van der Waals surface area contributed by atoms with Crippen LogP contribution in [0.2, 0.25) is 0 Å². The van der Waals surface area contributed by atoms with Gasteiger partial charge in [-0.2, -0.15) is 23.4 Å². The van der Waals surface area contributed by atoms with Gasteiger partial charge in [0.15, 0.2) is 35.0 Å². The highest BCUT2D eigenvalue weighted by atomic mass is 19.3. The van der Waals surface area contributed by atoms with Crippen LogP contribution < -0.4 is 10.6 Å². The van der Waals surface area contributed by atoms with E-state index in [1.807, 2.05) is 6.92 Å². The first kappa shape index (κ1) is 22.9. The van der Waals surface area contributed by atoms with Gasteiger partial charge in [0.05, 0.1) is 12.5 Å². The predicted octanol–water partition coefficient (Wildman–Crippen LogP) is -0.294. The fraction of sp³-hybridized carbons (Fsp3) is 0.556. The number of imidazole rings is 1. The zero-order chi connectivity index (χ0) is 23.9. The van der Waals surface area contributed by atoms with Crippen molar-refractivity contribution in [3.8, 4) is 5.95 Å². The molecule has 178 valence electrons. The standard InChI is InChI=1S/C18H23F2N9O4/c1-4-5-22-13-9-14(25-17(24-13)29-6-8(26-27-29)18(2,19)20)28(7-23-9)16-11(31)10(30)12(33-16)15(32)21-3/h6-7,10-12,16,30-31H,4-5H2,1-3H3,(H,21,32)(H,22,24,25)/t10-,11+,12?,16?/m0/s1. The van der Waals surface area contributed by atoms with Crippen molar-refractivity contribution in [3.05, 3.63) is 18.2 Å². The molecule has 13 nitrogen and oxygen atoms in total. The molecule has 1 amide bonds. The number of rotatable bonds is 7. The number of aliphatic hydroxyl groups is 2. The molecule has 4 atom stereocenters. The largest absolute Gasteiger partial charge is 0.387 e. The Balaban J connectivity index is 1.80. The number of carbonyl (C=O) groups excluding carboxylic acids is 1. The third-order valence-electron chi connectivity index (χ3n) is 5.12. The van der Waals surface area contributed by atoms with Crippen molar-refractivity contribution in [3.63, 3.8) is 0 Å². The van der Waals surface area contributed by atoms with Crippen molar-refractivity contribution in [2.24, 2.45) is 0 Å². The van der Waals surface area contributed by atoms with Crippen LogP contribution in [0, 0.1) is 0 Å². The van der Waals surface area contributed by atoms with Gasteiger partial charge in [0.25, 0.3) is 17.8 Å². The molecule has 0 radical (unpaired) electrons. The quantitative estimate of drug-likeness (QED) is 0.363. The summed E-state index contributed by atoms with van der Waals surface area (Å²) in [6.45, 7) is 3.18. The normalized spacial score (nSPS) is 23.2. The Morgan fingerprint density at radius 1 is 1.30 bits per heavy atom. The van der Waals surface area contributed by atoms with Crippen molar-refractivity contribution in [2.75, 3.05) is 18.9 Å². The summed E-state index contributed by atoms with van der Waals surface area (Å²) in [4.78, 5) is 25.0. The summed E-state index contributed by atoms with van der Waals surface area (Å²) < 4.78 is 35.2. The second-order valence-electron chi connectivity index (χ2n) is 7.60. The van der Waals surface area contributed by atoms with E-state index in [4.69, 9.17) is 4.74 Å². The molecule has 4 rings (SSSR count). The lowest BCUT2D eigenvalue weighted by Crippen LogP contribution is -2.41. The van der Waals surface area contributed by atoms with Crippen LogP contribution in [0.3, 0.4) is 0 Å². The molecule has 0 spiro atoms. The van der Waals surface area contributed by atoms with Gasteiger partial charge in [-0.1, -0.05) is 12.1 Å². The Morgan fingerprint density at radius 2 is 2.06 bits per heavy atom. The maximum absolute atomic E-state index is 13.6. The fourth-order valence-corrected chi connectivity index (χ4v) is 3.37. The first-order valence-corrected chi connectivity index (χ1v) is 10.2. The maximum Gasteiger partial charge on any atom is 0.290 e. The van der Waals surface area contributed by atoms with Crippen LogP contribution in [0.1, 0.15) is 32.2 Å². The third-order valence-corrected chi connectivity index (χ3v) is 5.12. The highest BCUT2D eigenvalue weighted by molar-refractivity contribution is 5.84. The summed E-state index contributed by atoms with van der Waals surface area (Å²) >= 11 is 0. The number of amides is 1. The summed E-state index contributed by atoms with van der Waals surface area (Å²) in [6.07, 6.45) is -2.36. The Morgan fingerprint density at radius 3 is 2.70 bits per heavy atom. The summed E-state index contributed by atoms with van der Waals surface area (Å²) in [5.41, 5.74) is -0.0939. The average molecular weight is 467 g/mol. The third kappa shape index (κ3) is 4.09. The monoisotopic (exact) mass is 467 g/mol. The van der Waals surface area contributed by atoms with Crippen LogP contribution in [-0.4, -0.2) is 82.5 Å². The Bertz CT molecular complexity index is 1160. The van der Waals surface area contributed by atoms with E-state index in [1.54, 1.807) is 0 Å². The molecular formula is C18H23F2N9O4. The van der Waals surface area contributed by atoms with Crippen molar-refractivity contribution < 1.29 is 28.5 Å². The molecule has 4 heterocycles. The second-order valence-corrected chi connectivity index (χ2v) is 7.60. The first-order valence-electron chi connectivity index (χ1n) is 10.2. The number of ether oxygens (including phenoxy) is 1. The number of carbonyl (C=O) groups is 1. The molecule has 1 saturated heterocycles. The zero-order valence-electron chi connectivity index (χ0n) is 18.0. The van der Waals surface area contributed by atoms with Crippen molar-refractivity contribution in [1.82, 2.24) is 39.8 Å².